The first-order chi connectivity index (χ1) is 17.5. The predicted molar refractivity (Wildman–Crippen MR) is 132 cm³/mol. The maximum Gasteiger partial charge on any atom is 0.289 e. The lowest BCUT2D eigenvalue weighted by molar-refractivity contribution is 0.0557. The average Bonchev–Trinajstić information content (AvgIpc) is 3.59. The molecule has 0 aliphatic carbocycles. The Hall–Kier alpha value is -3.83. The number of piperazine rings is 1. The molecule has 1 atom stereocenters. The largest absolute Gasteiger partial charge is 0.459 e. The summed E-state index contributed by atoms with van der Waals surface area (Å²) in [7, 11) is 1.62. The number of aromatic amines is 1. The summed E-state index contributed by atoms with van der Waals surface area (Å²) in [6.45, 7) is 6.95. The molecule has 0 bridgehead atoms. The third-order valence-electron chi connectivity index (χ3n) is 6.78. The van der Waals surface area contributed by atoms with Gasteiger partial charge in [-0.15, -0.1) is 5.10 Å². The van der Waals surface area contributed by atoms with Crippen molar-refractivity contribution in [3.05, 3.63) is 75.2 Å². The van der Waals surface area contributed by atoms with Crippen LogP contribution in [0.5, 0.6) is 0 Å². The molecule has 0 saturated carbocycles. The van der Waals surface area contributed by atoms with Crippen LogP contribution in [0.4, 0.5) is 0 Å². The number of tetrazole rings is 1. The minimum atomic E-state index is -0.495. The van der Waals surface area contributed by atoms with Gasteiger partial charge in [0.1, 0.15) is 6.04 Å². The van der Waals surface area contributed by atoms with Gasteiger partial charge in [-0.25, -0.2) is 4.68 Å². The number of methoxy groups -OCH3 is 1. The number of nitrogens with one attached hydrogen (secondary N) is 1. The molecule has 1 amide bonds. The summed E-state index contributed by atoms with van der Waals surface area (Å²) in [5.74, 6) is 0.740. The van der Waals surface area contributed by atoms with Crippen LogP contribution < -0.4 is 5.56 Å². The number of rotatable bonds is 7. The Balaban J connectivity index is 1.53. The van der Waals surface area contributed by atoms with Crippen LogP contribution in [0.3, 0.4) is 0 Å². The molecular weight excluding hydrogens is 462 g/mol. The van der Waals surface area contributed by atoms with Gasteiger partial charge in [0, 0.05) is 44.2 Å². The van der Waals surface area contributed by atoms with Crippen molar-refractivity contribution < 1.29 is 13.9 Å². The summed E-state index contributed by atoms with van der Waals surface area (Å²) in [5, 5.41) is 13.4. The molecule has 3 aromatic heterocycles. The van der Waals surface area contributed by atoms with Crippen LogP contribution in [0.15, 0.2) is 45.8 Å². The number of aromatic nitrogens is 5. The second kappa shape index (κ2) is 10.0. The highest BCUT2D eigenvalue weighted by molar-refractivity contribution is 5.91. The van der Waals surface area contributed by atoms with Gasteiger partial charge >= 0.3 is 0 Å². The van der Waals surface area contributed by atoms with Gasteiger partial charge in [-0.2, -0.15) is 0 Å². The van der Waals surface area contributed by atoms with E-state index in [1.807, 2.05) is 26.0 Å². The fourth-order valence-corrected chi connectivity index (χ4v) is 4.78. The van der Waals surface area contributed by atoms with Crippen LogP contribution in [0.2, 0.25) is 0 Å². The highest BCUT2D eigenvalue weighted by atomic mass is 16.5. The first-order valence-corrected chi connectivity index (χ1v) is 11.9. The molecule has 4 heterocycles. The standard InChI is InChI=1S/C25H29N7O4/c1-16-6-7-17(2)21-18(16)15-19(24(33)26-21)22(23-27-28-29-32(23)12-14-35-3)30-8-10-31(11-9-30)25(34)20-5-4-13-36-20/h4-7,13,15,22H,8-12,14H2,1-3H3,(H,26,33)/t22-/m0/s1. The Morgan fingerprint density at radius 1 is 1.17 bits per heavy atom. The van der Waals surface area contributed by atoms with E-state index in [0.29, 0.717) is 56.5 Å². The van der Waals surface area contributed by atoms with Gasteiger partial charge in [-0.05, 0) is 53.6 Å². The van der Waals surface area contributed by atoms with Crippen molar-refractivity contribution in [2.24, 2.45) is 0 Å². The smallest absolute Gasteiger partial charge is 0.289 e. The summed E-state index contributed by atoms with van der Waals surface area (Å²) < 4.78 is 12.2. The molecule has 1 aromatic carbocycles. The van der Waals surface area contributed by atoms with Gasteiger partial charge in [0.25, 0.3) is 11.5 Å². The fourth-order valence-electron chi connectivity index (χ4n) is 4.78. The molecule has 1 aliphatic rings. The molecule has 0 radical (unpaired) electrons. The van der Waals surface area contributed by atoms with E-state index in [1.54, 1.807) is 28.8 Å². The first kappa shape index (κ1) is 23.9. The summed E-state index contributed by atoms with van der Waals surface area (Å²) in [5.41, 5.74) is 3.29. The lowest BCUT2D eigenvalue weighted by atomic mass is 9.99. The summed E-state index contributed by atoms with van der Waals surface area (Å²) >= 11 is 0. The van der Waals surface area contributed by atoms with Gasteiger partial charge < -0.3 is 19.0 Å². The van der Waals surface area contributed by atoms with E-state index in [9.17, 15) is 9.59 Å². The second-order valence-electron chi connectivity index (χ2n) is 9.00. The molecule has 1 N–H and O–H groups in total. The number of carbonyl (C=O) groups excluding carboxylic acids is 1. The van der Waals surface area contributed by atoms with Crippen molar-refractivity contribution >= 4 is 16.8 Å². The number of ether oxygens (including phenoxy) is 1. The van der Waals surface area contributed by atoms with Gasteiger partial charge in [0.15, 0.2) is 11.6 Å². The lowest BCUT2D eigenvalue weighted by Gasteiger charge is -2.38. The number of furan rings is 1. The molecule has 4 aromatic rings. The van der Waals surface area contributed by atoms with Crippen LogP contribution in [-0.4, -0.2) is 80.8 Å². The van der Waals surface area contributed by atoms with Crippen molar-refractivity contribution in [3.8, 4) is 0 Å². The number of amides is 1. The Labute approximate surface area is 207 Å². The molecule has 0 spiro atoms. The van der Waals surface area contributed by atoms with Gasteiger partial charge in [0.05, 0.1) is 24.9 Å². The molecule has 36 heavy (non-hydrogen) atoms. The Morgan fingerprint density at radius 3 is 2.67 bits per heavy atom. The Morgan fingerprint density at radius 2 is 1.94 bits per heavy atom. The molecule has 1 fully saturated rings. The molecule has 188 valence electrons. The zero-order chi connectivity index (χ0) is 25.2. The van der Waals surface area contributed by atoms with E-state index in [2.05, 4.69) is 31.5 Å². The average molecular weight is 492 g/mol. The van der Waals surface area contributed by atoms with Crippen molar-refractivity contribution in [1.82, 2.24) is 35.0 Å². The van der Waals surface area contributed by atoms with Crippen molar-refractivity contribution in [2.45, 2.75) is 26.4 Å². The molecule has 11 nitrogen and oxygen atoms in total. The first-order valence-electron chi connectivity index (χ1n) is 11.9. The number of hydrogen-bond acceptors (Lipinski definition) is 8. The Bertz CT molecular complexity index is 1420. The van der Waals surface area contributed by atoms with E-state index in [0.717, 1.165) is 22.0 Å². The Kier molecular flexibility index (Phi) is 6.66. The summed E-state index contributed by atoms with van der Waals surface area (Å²) in [4.78, 5) is 33.3. The van der Waals surface area contributed by atoms with E-state index >= 15 is 0 Å². The SMILES string of the molecule is COCCn1nnnc1[C@H](c1cc2c(C)ccc(C)c2[nH]c1=O)N1CCN(C(=O)c2ccco2)CC1. The van der Waals surface area contributed by atoms with Crippen LogP contribution in [0, 0.1) is 13.8 Å². The van der Waals surface area contributed by atoms with E-state index in [1.165, 1.54) is 6.26 Å². The van der Waals surface area contributed by atoms with Crippen LogP contribution in [-0.2, 0) is 11.3 Å². The van der Waals surface area contributed by atoms with Crippen molar-refractivity contribution in [3.63, 3.8) is 0 Å². The van der Waals surface area contributed by atoms with E-state index in [-0.39, 0.29) is 11.5 Å². The van der Waals surface area contributed by atoms with Gasteiger partial charge in [0.2, 0.25) is 0 Å². The molecule has 1 aliphatic heterocycles. The molecule has 1 saturated heterocycles. The molecule has 5 rings (SSSR count). The number of fused-ring (bicyclic) bond motifs is 1. The third-order valence-corrected chi connectivity index (χ3v) is 6.78. The number of benzene rings is 1. The number of hydrogen-bond donors (Lipinski definition) is 1. The lowest BCUT2D eigenvalue weighted by Crippen LogP contribution is -2.50. The molecule has 0 unspecified atom stereocenters. The topological polar surface area (TPSA) is 122 Å². The molecule has 11 heteroatoms. The third kappa shape index (κ3) is 4.42. The minimum absolute atomic E-state index is 0.143. The number of H-pyrrole nitrogens is 1. The van der Waals surface area contributed by atoms with E-state index < -0.39 is 6.04 Å². The maximum absolute atomic E-state index is 13.5. The van der Waals surface area contributed by atoms with Gasteiger partial charge in [-0.3, -0.25) is 14.5 Å². The second-order valence-corrected chi connectivity index (χ2v) is 9.00. The van der Waals surface area contributed by atoms with Crippen LogP contribution in [0.25, 0.3) is 10.9 Å². The summed E-state index contributed by atoms with van der Waals surface area (Å²) in [6, 6.07) is 8.89. The zero-order valence-electron chi connectivity index (χ0n) is 20.6. The highest BCUT2D eigenvalue weighted by Gasteiger charge is 2.34. The van der Waals surface area contributed by atoms with Gasteiger partial charge in [-0.1, -0.05) is 12.1 Å². The number of aryl methyl sites for hydroxylation is 2. The number of pyridine rings is 1. The highest BCUT2D eigenvalue weighted by Crippen LogP contribution is 2.29. The maximum atomic E-state index is 13.5. The van der Waals surface area contributed by atoms with E-state index in [4.69, 9.17) is 9.15 Å². The summed E-state index contributed by atoms with van der Waals surface area (Å²) in [6.07, 6.45) is 1.50. The monoisotopic (exact) mass is 491 g/mol. The van der Waals surface area contributed by atoms with Crippen LogP contribution >= 0.6 is 0 Å². The number of carbonyl (C=O) groups is 1. The zero-order valence-corrected chi connectivity index (χ0v) is 20.6. The normalized spacial score (nSPS) is 15.5. The minimum Gasteiger partial charge on any atom is -0.459 e. The predicted octanol–water partition coefficient (Wildman–Crippen LogP) is 1.92. The van der Waals surface area contributed by atoms with Crippen molar-refractivity contribution in [2.75, 3.05) is 39.9 Å². The van der Waals surface area contributed by atoms with Crippen molar-refractivity contribution in [1.29, 1.82) is 0 Å². The quantitative estimate of drug-likeness (QED) is 0.416. The fraction of sp³-hybridized carbons (Fsp3) is 0.400. The number of nitrogens with zero attached hydrogens (tertiary/aromatic N) is 6. The van der Waals surface area contributed by atoms with Crippen LogP contribution in [0.1, 0.15) is 39.1 Å². The molecular formula is C25H29N7O4.